The van der Waals surface area contributed by atoms with Crippen molar-refractivity contribution in [1.82, 2.24) is 0 Å². The van der Waals surface area contributed by atoms with E-state index in [1.165, 1.54) is 12.8 Å². The molecule has 0 spiro atoms. The molecule has 0 radical (unpaired) electrons. The van der Waals surface area contributed by atoms with Crippen molar-refractivity contribution in [3.05, 3.63) is 0 Å². The second-order valence-electron chi connectivity index (χ2n) is 3.51. The normalized spacial score (nSPS) is 41.7. The zero-order valence-corrected chi connectivity index (χ0v) is 7.19. The molecule has 0 aromatic carbocycles. The number of halogens is 1. The summed E-state index contributed by atoms with van der Waals surface area (Å²) in [6, 6.07) is 0. The van der Waals surface area contributed by atoms with Gasteiger partial charge in [-0.15, -0.1) is 11.6 Å². The Bertz CT molecular complexity index is 116. The maximum atomic E-state index is 8.94. The van der Waals surface area contributed by atoms with Crippen molar-refractivity contribution >= 4 is 11.6 Å². The number of aliphatic hydroxyl groups is 1. The second kappa shape index (κ2) is 3.10. The highest BCUT2D eigenvalue weighted by Gasteiger charge is 2.31. The monoisotopic (exact) mass is 162 g/mol. The van der Waals surface area contributed by atoms with Gasteiger partial charge >= 0.3 is 0 Å². The zero-order valence-electron chi connectivity index (χ0n) is 6.44. The molecule has 1 nitrogen and oxygen atoms in total. The van der Waals surface area contributed by atoms with Crippen LogP contribution < -0.4 is 0 Å². The van der Waals surface area contributed by atoms with Gasteiger partial charge in [-0.1, -0.05) is 19.8 Å². The standard InChI is InChI=1S/C8H15ClO/c1-7-3-2-4-8(9,5-7)6-10/h7,10H,2-6H2,1H3/t7-,8?/m1/s1. The number of rotatable bonds is 1. The van der Waals surface area contributed by atoms with Crippen molar-refractivity contribution in [2.24, 2.45) is 5.92 Å². The van der Waals surface area contributed by atoms with Crippen LogP contribution in [0.15, 0.2) is 0 Å². The zero-order chi connectivity index (χ0) is 7.61. The van der Waals surface area contributed by atoms with Crippen LogP contribution in [0.25, 0.3) is 0 Å². The molecule has 0 aliphatic heterocycles. The molecule has 1 saturated carbocycles. The minimum absolute atomic E-state index is 0.138. The lowest BCUT2D eigenvalue weighted by Crippen LogP contribution is -2.32. The van der Waals surface area contributed by atoms with Crippen LogP contribution in [0.4, 0.5) is 0 Å². The molecule has 10 heavy (non-hydrogen) atoms. The lowest BCUT2D eigenvalue weighted by atomic mass is 9.82. The maximum Gasteiger partial charge on any atom is 0.0679 e. The Kier molecular flexibility index (Phi) is 2.59. The summed E-state index contributed by atoms with van der Waals surface area (Å²) in [6.07, 6.45) is 4.40. The Balaban J connectivity index is 2.45. The molecule has 1 N–H and O–H groups in total. The van der Waals surface area contributed by atoms with Gasteiger partial charge in [0.05, 0.1) is 11.5 Å². The summed E-state index contributed by atoms with van der Waals surface area (Å²) < 4.78 is 0. The highest BCUT2D eigenvalue weighted by atomic mass is 35.5. The van der Waals surface area contributed by atoms with Crippen molar-refractivity contribution in [2.75, 3.05) is 6.61 Å². The molecule has 1 fully saturated rings. The van der Waals surface area contributed by atoms with Crippen LogP contribution in [0.5, 0.6) is 0 Å². The number of hydrogen-bond donors (Lipinski definition) is 1. The van der Waals surface area contributed by atoms with E-state index in [-0.39, 0.29) is 11.5 Å². The highest BCUT2D eigenvalue weighted by molar-refractivity contribution is 6.24. The van der Waals surface area contributed by atoms with Crippen molar-refractivity contribution in [3.8, 4) is 0 Å². The molecule has 0 amide bonds. The van der Waals surface area contributed by atoms with Crippen molar-refractivity contribution < 1.29 is 5.11 Å². The molecule has 1 aliphatic carbocycles. The summed E-state index contributed by atoms with van der Waals surface area (Å²) in [4.78, 5) is -0.280. The Morgan fingerprint density at radius 1 is 1.70 bits per heavy atom. The molecule has 0 heterocycles. The van der Waals surface area contributed by atoms with Gasteiger partial charge in [0.25, 0.3) is 0 Å². The van der Waals surface area contributed by atoms with Crippen LogP contribution in [0.1, 0.15) is 32.6 Å². The van der Waals surface area contributed by atoms with E-state index in [0.29, 0.717) is 5.92 Å². The molecule has 1 unspecified atom stereocenters. The van der Waals surface area contributed by atoms with Crippen LogP contribution >= 0.6 is 11.6 Å². The predicted molar refractivity (Wildman–Crippen MR) is 43.3 cm³/mol. The number of alkyl halides is 1. The largest absolute Gasteiger partial charge is 0.395 e. The summed E-state index contributed by atoms with van der Waals surface area (Å²) >= 11 is 6.10. The van der Waals surface area contributed by atoms with Gasteiger partial charge in [0.1, 0.15) is 0 Å². The third-order valence-electron chi connectivity index (χ3n) is 2.32. The fourth-order valence-corrected chi connectivity index (χ4v) is 2.14. The third kappa shape index (κ3) is 1.86. The SMILES string of the molecule is C[C@@H]1CCCC(Cl)(CO)C1. The van der Waals surface area contributed by atoms with Gasteiger partial charge in [-0.3, -0.25) is 0 Å². The number of hydrogen-bond acceptors (Lipinski definition) is 1. The minimum atomic E-state index is -0.280. The topological polar surface area (TPSA) is 20.2 Å². The second-order valence-corrected chi connectivity index (χ2v) is 4.31. The van der Waals surface area contributed by atoms with Gasteiger partial charge in [0, 0.05) is 0 Å². The van der Waals surface area contributed by atoms with E-state index < -0.39 is 0 Å². The maximum absolute atomic E-state index is 8.94. The first kappa shape index (κ1) is 8.35. The van der Waals surface area contributed by atoms with Crippen LogP contribution in [0.2, 0.25) is 0 Å². The minimum Gasteiger partial charge on any atom is -0.395 e. The highest BCUT2D eigenvalue weighted by Crippen LogP contribution is 2.36. The van der Waals surface area contributed by atoms with E-state index in [4.69, 9.17) is 16.7 Å². The smallest absolute Gasteiger partial charge is 0.0679 e. The Morgan fingerprint density at radius 2 is 2.40 bits per heavy atom. The van der Waals surface area contributed by atoms with Gasteiger partial charge in [0.15, 0.2) is 0 Å². The van der Waals surface area contributed by atoms with E-state index >= 15 is 0 Å². The molecule has 0 saturated heterocycles. The summed E-state index contributed by atoms with van der Waals surface area (Å²) in [5, 5.41) is 8.94. The molecule has 0 aromatic rings. The van der Waals surface area contributed by atoms with Gasteiger partial charge in [0.2, 0.25) is 0 Å². The molecular formula is C8H15ClO. The first-order valence-electron chi connectivity index (χ1n) is 3.96. The van der Waals surface area contributed by atoms with E-state index in [1.54, 1.807) is 0 Å². The molecule has 0 aromatic heterocycles. The van der Waals surface area contributed by atoms with E-state index in [0.717, 1.165) is 12.8 Å². The fourth-order valence-electron chi connectivity index (χ4n) is 1.74. The van der Waals surface area contributed by atoms with Crippen LogP contribution in [-0.2, 0) is 0 Å². The predicted octanol–water partition coefficient (Wildman–Crippen LogP) is 2.17. The molecular weight excluding hydrogens is 148 g/mol. The van der Waals surface area contributed by atoms with Gasteiger partial charge < -0.3 is 5.11 Å². The molecule has 1 aliphatic rings. The Labute approximate surface area is 67.4 Å². The third-order valence-corrected chi connectivity index (χ3v) is 2.78. The Morgan fingerprint density at radius 3 is 2.80 bits per heavy atom. The van der Waals surface area contributed by atoms with Crippen molar-refractivity contribution in [3.63, 3.8) is 0 Å². The first-order valence-corrected chi connectivity index (χ1v) is 4.34. The van der Waals surface area contributed by atoms with Gasteiger partial charge in [-0.25, -0.2) is 0 Å². The molecule has 0 bridgehead atoms. The van der Waals surface area contributed by atoms with E-state index in [9.17, 15) is 0 Å². The summed E-state index contributed by atoms with van der Waals surface area (Å²) in [6.45, 7) is 2.34. The van der Waals surface area contributed by atoms with Gasteiger partial charge in [-0.05, 0) is 18.8 Å². The molecule has 60 valence electrons. The molecule has 2 atom stereocenters. The summed E-state index contributed by atoms with van der Waals surface area (Å²) in [5.74, 6) is 0.693. The molecule has 2 heteroatoms. The lowest BCUT2D eigenvalue weighted by molar-refractivity contribution is 0.186. The van der Waals surface area contributed by atoms with E-state index in [1.807, 2.05) is 0 Å². The van der Waals surface area contributed by atoms with Crippen molar-refractivity contribution in [1.29, 1.82) is 0 Å². The Hall–Kier alpha value is 0.250. The average Bonchev–Trinajstić information content (AvgIpc) is 1.88. The van der Waals surface area contributed by atoms with Crippen LogP contribution in [0.3, 0.4) is 0 Å². The van der Waals surface area contributed by atoms with Crippen molar-refractivity contribution in [2.45, 2.75) is 37.5 Å². The number of aliphatic hydroxyl groups excluding tert-OH is 1. The van der Waals surface area contributed by atoms with Gasteiger partial charge in [-0.2, -0.15) is 0 Å². The molecule has 1 rings (SSSR count). The van der Waals surface area contributed by atoms with E-state index in [2.05, 4.69) is 6.92 Å². The average molecular weight is 163 g/mol. The lowest BCUT2D eigenvalue weighted by Gasteiger charge is -2.32. The van der Waals surface area contributed by atoms with Crippen LogP contribution in [-0.4, -0.2) is 16.6 Å². The first-order chi connectivity index (χ1) is 4.66. The summed E-state index contributed by atoms with van der Waals surface area (Å²) in [5.41, 5.74) is 0. The quantitative estimate of drug-likeness (QED) is 0.586. The summed E-state index contributed by atoms with van der Waals surface area (Å²) in [7, 11) is 0. The fraction of sp³-hybridized carbons (Fsp3) is 1.00. The van der Waals surface area contributed by atoms with Crippen LogP contribution in [0, 0.1) is 5.92 Å².